The fraction of sp³-hybridized carbons (Fsp3) is 0.250. The third-order valence-electron chi connectivity index (χ3n) is 4.80. The number of carbonyl (C=O) groups excluding carboxylic acids is 1. The summed E-state index contributed by atoms with van der Waals surface area (Å²) in [5.74, 6) is -0.780. The highest BCUT2D eigenvalue weighted by Gasteiger charge is 2.28. The van der Waals surface area contributed by atoms with Crippen LogP contribution in [-0.2, 0) is 23.1 Å². The maximum absolute atomic E-state index is 12.1. The van der Waals surface area contributed by atoms with Gasteiger partial charge in [0, 0.05) is 40.7 Å². The first-order valence-corrected chi connectivity index (χ1v) is 9.50. The number of aliphatic hydroxyl groups excluding tert-OH is 1. The SMILES string of the molecule is COC(=O)C(O)c1c(C)nc2c(nnn2Cc2cnn(C)c2)c1-c1ccc(Cl)cc1. The highest BCUT2D eigenvalue weighted by Crippen LogP contribution is 2.36. The van der Waals surface area contributed by atoms with Crippen molar-refractivity contribution in [3.63, 3.8) is 0 Å². The molecule has 0 bridgehead atoms. The monoisotopic (exact) mass is 426 g/mol. The number of pyridine rings is 1. The summed E-state index contributed by atoms with van der Waals surface area (Å²) in [5, 5.41) is 24.0. The molecule has 1 aromatic carbocycles. The van der Waals surface area contributed by atoms with Crippen molar-refractivity contribution in [2.24, 2.45) is 7.05 Å². The first-order chi connectivity index (χ1) is 14.4. The summed E-state index contributed by atoms with van der Waals surface area (Å²) >= 11 is 6.04. The molecule has 0 amide bonds. The van der Waals surface area contributed by atoms with Gasteiger partial charge in [-0.15, -0.1) is 5.10 Å². The number of halogens is 1. The van der Waals surface area contributed by atoms with Gasteiger partial charge in [-0.05, 0) is 24.6 Å². The number of hydrogen-bond donors (Lipinski definition) is 1. The zero-order valence-corrected chi connectivity index (χ0v) is 17.3. The summed E-state index contributed by atoms with van der Waals surface area (Å²) in [6.07, 6.45) is 2.12. The van der Waals surface area contributed by atoms with Crippen molar-refractivity contribution >= 4 is 28.7 Å². The molecular weight excluding hydrogens is 408 g/mol. The molecule has 1 N–H and O–H groups in total. The number of aryl methyl sites for hydroxylation is 2. The Morgan fingerprint density at radius 3 is 2.67 bits per heavy atom. The zero-order valence-electron chi connectivity index (χ0n) is 16.6. The minimum atomic E-state index is -1.51. The van der Waals surface area contributed by atoms with Crippen LogP contribution in [0.3, 0.4) is 0 Å². The number of nitrogens with zero attached hydrogens (tertiary/aromatic N) is 6. The van der Waals surface area contributed by atoms with E-state index in [1.54, 1.807) is 46.7 Å². The first kappa shape index (κ1) is 20.0. The van der Waals surface area contributed by atoms with Crippen LogP contribution in [0.2, 0.25) is 5.02 Å². The fourth-order valence-electron chi connectivity index (χ4n) is 3.41. The molecule has 3 aromatic heterocycles. The Bertz CT molecular complexity index is 1230. The third kappa shape index (κ3) is 3.53. The van der Waals surface area contributed by atoms with Gasteiger partial charge in [0.05, 0.1) is 19.9 Å². The third-order valence-corrected chi connectivity index (χ3v) is 5.05. The number of aromatic nitrogens is 6. The van der Waals surface area contributed by atoms with Crippen molar-refractivity contribution < 1.29 is 14.6 Å². The number of esters is 1. The van der Waals surface area contributed by atoms with E-state index in [1.807, 2.05) is 13.2 Å². The summed E-state index contributed by atoms with van der Waals surface area (Å²) in [5.41, 5.74) is 4.01. The lowest BCUT2D eigenvalue weighted by Crippen LogP contribution is -2.17. The summed E-state index contributed by atoms with van der Waals surface area (Å²) in [4.78, 5) is 16.7. The summed E-state index contributed by atoms with van der Waals surface area (Å²) in [7, 11) is 3.06. The maximum Gasteiger partial charge on any atom is 0.339 e. The van der Waals surface area contributed by atoms with Gasteiger partial charge in [-0.2, -0.15) is 5.10 Å². The predicted octanol–water partition coefficient (Wildman–Crippen LogP) is 2.44. The van der Waals surface area contributed by atoms with Crippen molar-refractivity contribution in [3.05, 3.63) is 58.5 Å². The van der Waals surface area contributed by atoms with E-state index in [9.17, 15) is 9.90 Å². The number of hydrogen-bond acceptors (Lipinski definition) is 7. The van der Waals surface area contributed by atoms with Crippen LogP contribution in [0.25, 0.3) is 22.3 Å². The van der Waals surface area contributed by atoms with E-state index in [2.05, 4.69) is 20.4 Å². The van der Waals surface area contributed by atoms with Crippen LogP contribution in [0, 0.1) is 6.92 Å². The second-order valence-corrected chi connectivity index (χ2v) is 7.30. The second kappa shape index (κ2) is 7.85. The Morgan fingerprint density at radius 1 is 1.30 bits per heavy atom. The molecular formula is C20H19ClN6O3. The number of benzene rings is 1. The number of methoxy groups -OCH3 is 1. The summed E-state index contributed by atoms with van der Waals surface area (Å²) in [6.45, 7) is 2.15. The van der Waals surface area contributed by atoms with Crippen LogP contribution in [-0.4, -0.2) is 47.9 Å². The van der Waals surface area contributed by atoms with Crippen LogP contribution in [0.1, 0.15) is 22.9 Å². The van der Waals surface area contributed by atoms with Gasteiger partial charge in [0.15, 0.2) is 11.8 Å². The Morgan fingerprint density at radius 2 is 2.03 bits per heavy atom. The molecule has 0 aliphatic carbocycles. The van der Waals surface area contributed by atoms with E-state index in [-0.39, 0.29) is 0 Å². The Balaban J connectivity index is 1.94. The molecule has 1 unspecified atom stereocenters. The van der Waals surface area contributed by atoms with Crippen molar-refractivity contribution in [3.8, 4) is 11.1 Å². The van der Waals surface area contributed by atoms with Crippen LogP contribution >= 0.6 is 11.6 Å². The van der Waals surface area contributed by atoms with Gasteiger partial charge >= 0.3 is 5.97 Å². The quantitative estimate of drug-likeness (QED) is 0.488. The number of carbonyl (C=O) groups is 1. The van der Waals surface area contributed by atoms with E-state index in [0.717, 1.165) is 11.1 Å². The highest BCUT2D eigenvalue weighted by molar-refractivity contribution is 6.30. The molecule has 4 rings (SSSR count). The standard InChI is InChI=1S/C20H19ClN6O3/c1-11-15(18(28)20(29)30-3)16(13-4-6-14(21)7-5-13)17-19(23-11)27(25-24-17)10-12-8-22-26(2)9-12/h4-9,18,28H,10H2,1-3H3. The topological polar surface area (TPSA) is 108 Å². The van der Waals surface area contributed by atoms with Crippen LogP contribution in [0.4, 0.5) is 0 Å². The first-order valence-electron chi connectivity index (χ1n) is 9.12. The average molecular weight is 427 g/mol. The molecule has 0 spiro atoms. The van der Waals surface area contributed by atoms with E-state index < -0.39 is 12.1 Å². The minimum Gasteiger partial charge on any atom is -0.467 e. The number of rotatable bonds is 5. The van der Waals surface area contributed by atoms with Crippen molar-refractivity contribution in [1.82, 2.24) is 29.8 Å². The van der Waals surface area contributed by atoms with Gasteiger partial charge in [0.25, 0.3) is 0 Å². The predicted molar refractivity (Wildman–Crippen MR) is 110 cm³/mol. The molecule has 0 saturated heterocycles. The second-order valence-electron chi connectivity index (χ2n) is 6.86. The lowest BCUT2D eigenvalue weighted by atomic mass is 9.94. The molecule has 1 atom stereocenters. The van der Waals surface area contributed by atoms with Crippen LogP contribution < -0.4 is 0 Å². The summed E-state index contributed by atoms with van der Waals surface area (Å²) < 4.78 is 8.11. The Labute approximate surface area is 176 Å². The van der Waals surface area contributed by atoms with Crippen LogP contribution in [0.15, 0.2) is 36.7 Å². The van der Waals surface area contributed by atoms with Crippen LogP contribution in [0.5, 0.6) is 0 Å². The summed E-state index contributed by atoms with van der Waals surface area (Å²) in [6, 6.07) is 7.05. The molecule has 0 aliphatic heterocycles. The Hall–Kier alpha value is -3.30. The molecule has 10 heteroatoms. The average Bonchev–Trinajstić information content (AvgIpc) is 3.32. The van der Waals surface area contributed by atoms with Gasteiger partial charge < -0.3 is 9.84 Å². The maximum atomic E-state index is 12.1. The van der Waals surface area contributed by atoms with Gasteiger partial charge in [-0.25, -0.2) is 14.5 Å². The number of fused-ring (bicyclic) bond motifs is 1. The molecule has 154 valence electrons. The minimum absolute atomic E-state index is 0.324. The molecule has 0 saturated carbocycles. The Kier molecular flexibility index (Phi) is 5.23. The normalized spacial score (nSPS) is 12.3. The van der Waals surface area contributed by atoms with E-state index in [1.165, 1.54) is 7.11 Å². The van der Waals surface area contributed by atoms with Crippen molar-refractivity contribution in [1.29, 1.82) is 0 Å². The van der Waals surface area contributed by atoms with Gasteiger partial charge in [0.1, 0.15) is 5.52 Å². The smallest absolute Gasteiger partial charge is 0.339 e. The molecule has 0 aliphatic rings. The highest BCUT2D eigenvalue weighted by atomic mass is 35.5. The largest absolute Gasteiger partial charge is 0.467 e. The molecule has 30 heavy (non-hydrogen) atoms. The molecule has 4 aromatic rings. The zero-order chi connectivity index (χ0) is 21.4. The van der Waals surface area contributed by atoms with Gasteiger partial charge in [-0.3, -0.25) is 4.68 Å². The number of ether oxygens (including phenoxy) is 1. The van der Waals surface area contributed by atoms with Gasteiger partial charge in [0.2, 0.25) is 0 Å². The molecule has 0 fully saturated rings. The molecule has 9 nitrogen and oxygen atoms in total. The lowest BCUT2D eigenvalue weighted by Gasteiger charge is -2.17. The molecule has 3 heterocycles. The molecule has 0 radical (unpaired) electrons. The van der Waals surface area contributed by atoms with E-state index in [0.29, 0.717) is 39.6 Å². The van der Waals surface area contributed by atoms with E-state index >= 15 is 0 Å². The fourth-order valence-corrected chi connectivity index (χ4v) is 3.54. The van der Waals surface area contributed by atoms with E-state index in [4.69, 9.17) is 16.3 Å². The van der Waals surface area contributed by atoms with Crippen molar-refractivity contribution in [2.75, 3.05) is 7.11 Å². The van der Waals surface area contributed by atoms with Crippen molar-refractivity contribution in [2.45, 2.75) is 19.6 Å². The lowest BCUT2D eigenvalue weighted by molar-refractivity contribution is -0.150. The number of aliphatic hydroxyl groups is 1. The van der Waals surface area contributed by atoms with Gasteiger partial charge in [-0.1, -0.05) is 28.9 Å².